The molecule has 0 saturated carbocycles. The zero-order valence-electron chi connectivity index (χ0n) is 46.7. The molecule has 0 bridgehead atoms. The van der Waals surface area contributed by atoms with Crippen LogP contribution in [-0.4, -0.2) is 13.4 Å². The van der Waals surface area contributed by atoms with Gasteiger partial charge in [0, 0.05) is 79.6 Å². The molecule has 0 N–H and O–H groups in total. The van der Waals surface area contributed by atoms with E-state index in [1.807, 2.05) is 0 Å². The van der Waals surface area contributed by atoms with Crippen molar-refractivity contribution in [3.63, 3.8) is 0 Å². The van der Waals surface area contributed by atoms with E-state index in [4.69, 9.17) is 0 Å². The summed E-state index contributed by atoms with van der Waals surface area (Å²) in [4.78, 5) is 15.8. The lowest BCUT2D eigenvalue weighted by molar-refractivity contribution is 1.17. The first kappa shape index (κ1) is 47.3. The highest BCUT2D eigenvalue weighted by molar-refractivity contribution is 7.06. The van der Waals surface area contributed by atoms with Crippen LogP contribution in [0.15, 0.2) is 303 Å². The summed E-state index contributed by atoms with van der Waals surface area (Å²) in [7, 11) is 0. The summed E-state index contributed by atoms with van der Waals surface area (Å²) in [6.07, 6.45) is 0. The molecule has 13 aromatic rings. The summed E-state index contributed by atoms with van der Waals surface area (Å²) < 4.78 is 0. The lowest BCUT2D eigenvalue weighted by Gasteiger charge is -2.55. The van der Waals surface area contributed by atoms with Gasteiger partial charge in [-0.05, 0) is 176 Å². The lowest BCUT2D eigenvalue weighted by atomic mass is 9.28. The monoisotopic (exact) mass is 1090 g/mol. The number of hydrogen-bond donors (Lipinski definition) is 0. The number of rotatable bonds is 8. The number of para-hydroxylation sites is 6. The van der Waals surface area contributed by atoms with Crippen molar-refractivity contribution in [2.24, 2.45) is 0 Å². The summed E-state index contributed by atoms with van der Waals surface area (Å²) in [5.41, 5.74) is 33.0. The van der Waals surface area contributed by atoms with Crippen molar-refractivity contribution in [1.29, 1.82) is 0 Å². The van der Waals surface area contributed by atoms with Crippen molar-refractivity contribution in [2.75, 3.05) is 29.4 Å². The Balaban J connectivity index is 1.07. The average Bonchev–Trinajstić information content (AvgIpc) is 0.657. The van der Waals surface area contributed by atoms with Gasteiger partial charge >= 0.3 is 0 Å². The molecule has 0 saturated heterocycles. The highest BCUT2D eigenvalue weighted by atomic mass is 15.3. The van der Waals surface area contributed by atoms with Crippen molar-refractivity contribution in [2.45, 2.75) is 0 Å². The number of hydrogen-bond acceptors (Lipinski definition) is 6. The van der Waals surface area contributed by atoms with Crippen LogP contribution < -0.4 is 62.2 Å². The van der Waals surface area contributed by atoms with Gasteiger partial charge in [0.2, 0.25) is 0 Å². The first-order chi connectivity index (χ1) is 42.8. The highest BCUT2D eigenvalue weighted by Gasteiger charge is 2.58. The Hall–Kier alpha value is -11.2. The Morgan fingerprint density at radius 3 is 0.663 bits per heavy atom. The van der Waals surface area contributed by atoms with Crippen LogP contribution in [0.1, 0.15) is 0 Å². The van der Waals surface area contributed by atoms with E-state index in [1.165, 1.54) is 78.3 Å². The first-order valence-corrected chi connectivity index (χ1v) is 29.8. The minimum absolute atomic E-state index is 0.186. The van der Waals surface area contributed by atoms with Gasteiger partial charge in [-0.3, -0.25) is 0 Å². The van der Waals surface area contributed by atoms with E-state index >= 15 is 0 Å². The smallest absolute Gasteiger partial charge is 0.257 e. The van der Waals surface area contributed by atoms with Crippen LogP contribution in [0.3, 0.4) is 0 Å². The van der Waals surface area contributed by atoms with Crippen molar-refractivity contribution in [3.05, 3.63) is 303 Å². The maximum Gasteiger partial charge on any atom is 0.257 e. The van der Waals surface area contributed by atoms with Gasteiger partial charge in [-0.25, -0.2) is 0 Å². The van der Waals surface area contributed by atoms with Gasteiger partial charge in [0.05, 0.1) is 22.7 Å². The third-order valence-corrected chi connectivity index (χ3v) is 18.7. The Kier molecular flexibility index (Phi) is 9.98. The summed E-state index contributed by atoms with van der Waals surface area (Å²) in [6, 6.07) is 113. The van der Waals surface area contributed by atoms with Gasteiger partial charge in [0.15, 0.2) is 0 Å². The number of benzene rings is 13. The van der Waals surface area contributed by atoms with Crippen LogP contribution in [0.25, 0.3) is 22.3 Å². The van der Waals surface area contributed by atoms with E-state index in [0.717, 1.165) is 79.1 Å². The molecule has 0 unspecified atom stereocenters. The largest absolute Gasteiger partial charge is 0.311 e. The van der Waals surface area contributed by atoms with Gasteiger partial charge in [0.1, 0.15) is 0 Å². The van der Waals surface area contributed by atoms with Crippen LogP contribution in [0, 0.1) is 0 Å². The van der Waals surface area contributed by atoms with Crippen LogP contribution in [0.4, 0.5) is 102 Å². The second kappa shape index (κ2) is 18.1. The minimum atomic E-state index is -0.235. The molecular weight excluding hydrogens is 1040 g/mol. The number of anilines is 18. The van der Waals surface area contributed by atoms with Gasteiger partial charge < -0.3 is 29.4 Å². The minimum Gasteiger partial charge on any atom is -0.311 e. The molecule has 0 fully saturated rings. The Morgan fingerprint density at radius 1 is 0.163 bits per heavy atom. The van der Waals surface area contributed by atoms with Crippen LogP contribution in [-0.2, 0) is 0 Å². The standard InChI is InChI=1S/C78H50B2N6/c1-9-27-51(28-10-1)53-47-65-71-67(49-53)85(59-39-21-7-22-40-59)77-74-78(86(60-41-23-8-24-42-60)68-50-54(52-29-11-2-12-30-52)48-66(72(68)80(71)74)82(65)56-33-15-4-16-34-56)76-73-75(77)83(57-35-17-5-18-36-57)63-45-25-43-61-69(63)79(73)70-62(81(61)55-31-13-3-14-32-55)44-26-46-64(70)84(76)58-37-19-6-20-38-58/h1-50H. The second-order valence-electron chi connectivity index (χ2n) is 23.1. The van der Waals surface area contributed by atoms with Gasteiger partial charge in [0.25, 0.3) is 13.4 Å². The third-order valence-electron chi connectivity index (χ3n) is 18.7. The van der Waals surface area contributed by atoms with Crippen LogP contribution in [0.5, 0.6) is 0 Å². The summed E-state index contributed by atoms with van der Waals surface area (Å²) in [5, 5.41) is 0. The summed E-state index contributed by atoms with van der Waals surface area (Å²) >= 11 is 0. The van der Waals surface area contributed by atoms with E-state index in [-0.39, 0.29) is 13.4 Å². The van der Waals surface area contributed by atoms with Crippen molar-refractivity contribution in [3.8, 4) is 22.3 Å². The fourth-order valence-electron chi connectivity index (χ4n) is 15.5. The molecule has 0 aliphatic carbocycles. The van der Waals surface area contributed by atoms with Gasteiger partial charge in [-0.15, -0.1) is 0 Å². The summed E-state index contributed by atoms with van der Waals surface area (Å²) in [6.45, 7) is -0.420. The topological polar surface area (TPSA) is 19.4 Å². The summed E-state index contributed by atoms with van der Waals surface area (Å²) in [5.74, 6) is 0. The quantitative estimate of drug-likeness (QED) is 0.140. The van der Waals surface area contributed by atoms with E-state index in [1.54, 1.807) is 0 Å². The maximum absolute atomic E-state index is 2.68. The molecule has 6 aliphatic heterocycles. The molecule has 0 atom stereocenters. The van der Waals surface area contributed by atoms with Crippen LogP contribution in [0.2, 0.25) is 0 Å². The van der Waals surface area contributed by atoms with Crippen LogP contribution >= 0.6 is 0 Å². The normalized spacial score (nSPS) is 13.9. The Labute approximate surface area is 500 Å². The van der Waals surface area contributed by atoms with E-state index in [9.17, 15) is 0 Å². The van der Waals surface area contributed by atoms with Gasteiger partial charge in [-0.1, -0.05) is 182 Å². The number of nitrogens with zero attached hydrogens (tertiary/aromatic N) is 6. The van der Waals surface area contributed by atoms with Crippen molar-refractivity contribution >= 4 is 149 Å². The van der Waals surface area contributed by atoms with Gasteiger partial charge in [-0.2, -0.15) is 0 Å². The molecule has 6 nitrogen and oxygen atoms in total. The predicted molar refractivity (Wildman–Crippen MR) is 362 cm³/mol. The second-order valence-corrected chi connectivity index (χ2v) is 23.1. The molecule has 0 amide bonds. The average molecular weight is 1090 g/mol. The molecule has 398 valence electrons. The molecule has 6 heterocycles. The van der Waals surface area contributed by atoms with E-state index < -0.39 is 0 Å². The fraction of sp³-hybridized carbons (Fsp3) is 0. The first-order valence-electron chi connectivity index (χ1n) is 29.8. The van der Waals surface area contributed by atoms with Crippen molar-refractivity contribution in [1.82, 2.24) is 0 Å². The lowest BCUT2D eigenvalue weighted by Crippen LogP contribution is -2.69. The van der Waals surface area contributed by atoms with E-state index in [0.29, 0.717) is 0 Å². The molecule has 8 heteroatoms. The predicted octanol–water partition coefficient (Wildman–Crippen LogP) is 16.8. The molecule has 6 aliphatic rings. The molecule has 0 radical (unpaired) electrons. The fourth-order valence-corrected chi connectivity index (χ4v) is 15.5. The highest BCUT2D eigenvalue weighted by Crippen LogP contribution is 2.61. The molecule has 13 aromatic carbocycles. The molecular formula is C78H50B2N6. The SMILES string of the molecule is c1ccc(-c2cc3c4c(c2)N(c2ccccc2)c2c5c(c6c7c2N(c2ccccc2)c2cccc8c2B7c2c(cccc2N6c2ccccc2)N8c2ccccc2)N(c2ccccc2)c2cc(-c6ccccc6)cc(c2B45)N3c2ccccc2)cc1. The van der Waals surface area contributed by atoms with Crippen molar-refractivity contribution < 1.29 is 0 Å². The molecule has 19 rings (SSSR count). The Morgan fingerprint density at radius 2 is 0.372 bits per heavy atom. The Bertz CT molecular complexity index is 4640. The zero-order valence-corrected chi connectivity index (χ0v) is 46.7. The zero-order chi connectivity index (χ0) is 56.1. The third kappa shape index (κ3) is 6.47. The molecule has 0 spiro atoms. The van der Waals surface area contributed by atoms with E-state index in [2.05, 4.69) is 333 Å². The molecule has 0 aromatic heterocycles. The molecule has 86 heavy (non-hydrogen) atoms. The maximum atomic E-state index is 2.68. The number of fused-ring (bicyclic) bond motifs is 2.